The van der Waals surface area contributed by atoms with Gasteiger partial charge < -0.3 is 10.6 Å². The van der Waals surface area contributed by atoms with Crippen LogP contribution < -0.4 is 10.6 Å². The summed E-state index contributed by atoms with van der Waals surface area (Å²) in [4.78, 5) is 1.96. The van der Waals surface area contributed by atoms with Crippen LogP contribution in [0.4, 0.5) is 18.9 Å². The lowest BCUT2D eigenvalue weighted by Gasteiger charge is -2.38. The summed E-state index contributed by atoms with van der Waals surface area (Å²) in [6.07, 6.45) is -2.89. The molecule has 1 aliphatic rings. The number of nitrogens with zero attached hydrogens (tertiary/aromatic N) is 2. The van der Waals surface area contributed by atoms with Crippen molar-refractivity contribution in [2.45, 2.75) is 38.0 Å². The fraction of sp³-hybridized carbons (Fsp3) is 0.500. The first-order chi connectivity index (χ1) is 9.32. The smallest absolute Gasteiger partial charge is 0.368 e. The largest absolute Gasteiger partial charge is 0.416 e. The van der Waals surface area contributed by atoms with Crippen LogP contribution in [-0.4, -0.2) is 18.6 Å². The number of anilines is 1. The molecule has 0 spiro atoms. The first-order valence-corrected chi connectivity index (χ1v) is 6.46. The summed E-state index contributed by atoms with van der Waals surface area (Å²) < 4.78 is 38.0. The maximum Gasteiger partial charge on any atom is 0.416 e. The van der Waals surface area contributed by atoms with Crippen molar-refractivity contribution in [1.82, 2.24) is 0 Å². The monoisotopic (exact) mass is 283 g/mol. The standard InChI is InChI=1S/C14H16F3N3/c1-9-6-12(19)4-5-20(9)13-3-2-11(14(15,16)17)7-10(13)8-18/h2-3,7,9,12H,4-6,19H2,1H3. The molecule has 1 fully saturated rings. The van der Waals surface area contributed by atoms with E-state index < -0.39 is 11.7 Å². The maximum absolute atomic E-state index is 12.7. The number of alkyl halides is 3. The predicted molar refractivity (Wildman–Crippen MR) is 70.2 cm³/mol. The molecule has 1 aromatic carbocycles. The molecule has 3 nitrogen and oxygen atoms in total. The molecule has 0 radical (unpaired) electrons. The van der Waals surface area contributed by atoms with Gasteiger partial charge >= 0.3 is 6.18 Å². The van der Waals surface area contributed by atoms with Gasteiger partial charge in [-0.25, -0.2) is 0 Å². The number of piperidine rings is 1. The number of benzene rings is 1. The molecule has 1 heterocycles. The third-order valence-electron chi connectivity index (χ3n) is 3.67. The molecule has 1 aromatic rings. The topological polar surface area (TPSA) is 53.0 Å². The Morgan fingerprint density at radius 1 is 1.40 bits per heavy atom. The van der Waals surface area contributed by atoms with Gasteiger partial charge in [-0.3, -0.25) is 0 Å². The molecule has 0 aliphatic carbocycles. The van der Waals surface area contributed by atoms with E-state index >= 15 is 0 Å². The van der Waals surface area contributed by atoms with E-state index in [1.54, 1.807) is 0 Å². The molecule has 0 saturated carbocycles. The number of hydrogen-bond donors (Lipinski definition) is 1. The van der Waals surface area contributed by atoms with Crippen molar-refractivity contribution in [3.8, 4) is 6.07 Å². The molecule has 2 unspecified atom stereocenters. The van der Waals surface area contributed by atoms with Crippen molar-refractivity contribution in [2.24, 2.45) is 5.73 Å². The van der Waals surface area contributed by atoms with Crippen LogP contribution >= 0.6 is 0 Å². The lowest BCUT2D eigenvalue weighted by atomic mass is 9.97. The number of rotatable bonds is 1. The highest BCUT2D eigenvalue weighted by Gasteiger charge is 2.32. The predicted octanol–water partition coefficient (Wildman–Crippen LogP) is 2.89. The Balaban J connectivity index is 2.36. The molecule has 20 heavy (non-hydrogen) atoms. The molecule has 1 saturated heterocycles. The van der Waals surface area contributed by atoms with Crippen LogP contribution in [0.1, 0.15) is 30.9 Å². The fourth-order valence-electron chi connectivity index (χ4n) is 2.62. The van der Waals surface area contributed by atoms with Gasteiger partial charge in [0.15, 0.2) is 0 Å². The minimum absolute atomic E-state index is 0.0575. The average Bonchev–Trinajstić information content (AvgIpc) is 2.37. The van der Waals surface area contributed by atoms with E-state index in [0.29, 0.717) is 12.2 Å². The quantitative estimate of drug-likeness (QED) is 0.862. The molecule has 2 atom stereocenters. The van der Waals surface area contributed by atoms with Crippen molar-refractivity contribution in [3.63, 3.8) is 0 Å². The van der Waals surface area contributed by atoms with E-state index in [0.717, 1.165) is 25.0 Å². The van der Waals surface area contributed by atoms with Gasteiger partial charge in [0.25, 0.3) is 0 Å². The van der Waals surface area contributed by atoms with Crippen LogP contribution in [-0.2, 0) is 6.18 Å². The van der Waals surface area contributed by atoms with E-state index in [1.165, 1.54) is 6.07 Å². The minimum Gasteiger partial charge on any atom is -0.368 e. The van der Waals surface area contributed by atoms with E-state index in [2.05, 4.69) is 0 Å². The molecular weight excluding hydrogens is 267 g/mol. The van der Waals surface area contributed by atoms with Crippen LogP contribution in [0.25, 0.3) is 0 Å². The highest BCUT2D eigenvalue weighted by molar-refractivity contribution is 5.61. The maximum atomic E-state index is 12.7. The normalized spacial score (nSPS) is 23.5. The average molecular weight is 283 g/mol. The summed E-state index contributed by atoms with van der Waals surface area (Å²) in [5.41, 5.74) is 5.70. The number of nitriles is 1. The second-order valence-electron chi connectivity index (χ2n) is 5.17. The number of nitrogens with two attached hydrogens (primary N) is 1. The molecule has 2 rings (SSSR count). The van der Waals surface area contributed by atoms with Crippen molar-refractivity contribution in [1.29, 1.82) is 5.26 Å². The first kappa shape index (κ1) is 14.7. The van der Waals surface area contributed by atoms with Gasteiger partial charge in [-0.15, -0.1) is 0 Å². The van der Waals surface area contributed by atoms with Crippen LogP contribution in [0.3, 0.4) is 0 Å². The summed E-state index contributed by atoms with van der Waals surface area (Å²) in [6.45, 7) is 2.63. The van der Waals surface area contributed by atoms with E-state index in [9.17, 15) is 13.2 Å². The summed E-state index contributed by atoms with van der Waals surface area (Å²) in [5, 5.41) is 9.11. The second-order valence-corrected chi connectivity index (χ2v) is 5.17. The number of halogens is 3. The van der Waals surface area contributed by atoms with Crippen LogP contribution in [0, 0.1) is 11.3 Å². The van der Waals surface area contributed by atoms with E-state index in [1.807, 2.05) is 17.9 Å². The zero-order valence-electron chi connectivity index (χ0n) is 11.1. The Morgan fingerprint density at radius 3 is 2.65 bits per heavy atom. The molecule has 0 bridgehead atoms. The Bertz CT molecular complexity index is 533. The molecule has 6 heteroatoms. The van der Waals surface area contributed by atoms with Crippen molar-refractivity contribution >= 4 is 5.69 Å². The second kappa shape index (κ2) is 5.33. The SMILES string of the molecule is CC1CC(N)CCN1c1ccc(C(F)(F)F)cc1C#N. The number of hydrogen-bond acceptors (Lipinski definition) is 3. The molecular formula is C14H16F3N3. The van der Waals surface area contributed by atoms with Crippen molar-refractivity contribution in [2.75, 3.05) is 11.4 Å². The molecule has 0 amide bonds. The van der Waals surface area contributed by atoms with Gasteiger partial charge in [0.05, 0.1) is 16.8 Å². The van der Waals surface area contributed by atoms with Gasteiger partial charge in [0, 0.05) is 18.6 Å². The van der Waals surface area contributed by atoms with Gasteiger partial charge in [0.1, 0.15) is 6.07 Å². The first-order valence-electron chi connectivity index (χ1n) is 6.46. The van der Waals surface area contributed by atoms with Gasteiger partial charge in [-0.2, -0.15) is 18.4 Å². The van der Waals surface area contributed by atoms with E-state index in [-0.39, 0.29) is 17.6 Å². The summed E-state index contributed by atoms with van der Waals surface area (Å²) in [6, 6.07) is 5.41. The Labute approximate surface area is 115 Å². The minimum atomic E-state index is -4.43. The summed E-state index contributed by atoms with van der Waals surface area (Å²) in [5.74, 6) is 0. The zero-order valence-corrected chi connectivity index (χ0v) is 11.1. The Morgan fingerprint density at radius 2 is 2.10 bits per heavy atom. The lowest BCUT2D eigenvalue weighted by molar-refractivity contribution is -0.137. The summed E-state index contributed by atoms with van der Waals surface area (Å²) in [7, 11) is 0. The fourth-order valence-corrected chi connectivity index (χ4v) is 2.62. The van der Waals surface area contributed by atoms with Gasteiger partial charge in [-0.1, -0.05) is 0 Å². The van der Waals surface area contributed by atoms with Crippen molar-refractivity contribution < 1.29 is 13.2 Å². The van der Waals surface area contributed by atoms with Crippen LogP contribution in [0.15, 0.2) is 18.2 Å². The third kappa shape index (κ3) is 2.88. The van der Waals surface area contributed by atoms with Gasteiger partial charge in [-0.05, 0) is 38.0 Å². The Kier molecular flexibility index (Phi) is 3.91. The lowest BCUT2D eigenvalue weighted by Crippen LogP contribution is -2.45. The van der Waals surface area contributed by atoms with E-state index in [4.69, 9.17) is 11.0 Å². The Hall–Kier alpha value is -1.74. The van der Waals surface area contributed by atoms with Crippen LogP contribution in [0.2, 0.25) is 0 Å². The summed E-state index contributed by atoms with van der Waals surface area (Å²) >= 11 is 0. The molecule has 2 N–H and O–H groups in total. The molecule has 1 aliphatic heterocycles. The molecule has 0 aromatic heterocycles. The highest BCUT2D eigenvalue weighted by Crippen LogP contribution is 2.34. The van der Waals surface area contributed by atoms with Gasteiger partial charge in [0.2, 0.25) is 0 Å². The molecule has 108 valence electrons. The van der Waals surface area contributed by atoms with Crippen LogP contribution in [0.5, 0.6) is 0 Å². The zero-order chi connectivity index (χ0) is 14.9. The van der Waals surface area contributed by atoms with Crippen molar-refractivity contribution in [3.05, 3.63) is 29.3 Å². The highest BCUT2D eigenvalue weighted by atomic mass is 19.4. The third-order valence-corrected chi connectivity index (χ3v) is 3.67.